The first kappa shape index (κ1) is 16.6. The monoisotopic (exact) mass is 344 g/mol. The highest BCUT2D eigenvalue weighted by molar-refractivity contribution is 7.15. The van der Waals surface area contributed by atoms with E-state index in [1.807, 2.05) is 32.0 Å². The molecule has 1 aromatic heterocycles. The maximum atomic E-state index is 12.3. The van der Waals surface area contributed by atoms with Gasteiger partial charge >= 0.3 is 5.97 Å². The molecular formula is C18H20N2O3S. The highest BCUT2D eigenvalue weighted by atomic mass is 32.1. The fourth-order valence-electron chi connectivity index (χ4n) is 2.85. The van der Waals surface area contributed by atoms with Crippen molar-refractivity contribution in [3.05, 3.63) is 46.0 Å². The van der Waals surface area contributed by atoms with E-state index in [-0.39, 0.29) is 17.8 Å². The lowest BCUT2D eigenvalue weighted by Crippen LogP contribution is -2.24. The third-order valence-corrected chi connectivity index (χ3v) is 5.10. The summed E-state index contributed by atoms with van der Waals surface area (Å²) in [5, 5.41) is 3.46. The second-order valence-electron chi connectivity index (χ2n) is 5.90. The van der Waals surface area contributed by atoms with Gasteiger partial charge < -0.3 is 4.74 Å². The van der Waals surface area contributed by atoms with Gasteiger partial charge in [0, 0.05) is 10.4 Å². The average molecular weight is 344 g/mol. The molecule has 1 aliphatic carbocycles. The van der Waals surface area contributed by atoms with E-state index in [9.17, 15) is 9.59 Å². The summed E-state index contributed by atoms with van der Waals surface area (Å²) in [5.74, 6) is -0.396. The molecule has 5 nitrogen and oxygen atoms in total. The fourth-order valence-corrected chi connectivity index (χ4v) is 3.93. The van der Waals surface area contributed by atoms with E-state index in [2.05, 4.69) is 10.3 Å². The highest BCUT2D eigenvalue weighted by Crippen LogP contribution is 2.33. The second kappa shape index (κ2) is 7.13. The Labute approximate surface area is 145 Å². The lowest BCUT2D eigenvalue weighted by Gasteiger charge is -2.18. The second-order valence-corrected chi connectivity index (χ2v) is 6.99. The summed E-state index contributed by atoms with van der Waals surface area (Å²) in [4.78, 5) is 29.8. The van der Waals surface area contributed by atoms with E-state index in [1.165, 1.54) is 11.3 Å². The standard InChI is InChI=1S/C18H20N2O3S/c1-3-23-17(22)13-7-8-14-15(10-13)24-18(19-14)20-16(21)12-6-4-5-11(2)9-12/h4-6,9,13H,3,7-8,10H2,1-2H3,(H,19,20,21). The number of carbonyl (C=O) groups is 2. The number of amides is 1. The summed E-state index contributed by atoms with van der Waals surface area (Å²) < 4.78 is 5.11. The minimum atomic E-state index is -0.160. The molecule has 3 rings (SSSR count). The minimum absolute atomic E-state index is 0.0989. The van der Waals surface area contributed by atoms with Gasteiger partial charge in [0.2, 0.25) is 0 Å². The van der Waals surface area contributed by atoms with Crippen molar-refractivity contribution in [2.24, 2.45) is 5.92 Å². The van der Waals surface area contributed by atoms with Crippen LogP contribution in [0.25, 0.3) is 0 Å². The largest absolute Gasteiger partial charge is 0.466 e. The molecule has 0 fully saturated rings. The van der Waals surface area contributed by atoms with Crippen molar-refractivity contribution < 1.29 is 14.3 Å². The quantitative estimate of drug-likeness (QED) is 0.864. The molecule has 1 amide bonds. The fraction of sp³-hybridized carbons (Fsp3) is 0.389. The molecule has 24 heavy (non-hydrogen) atoms. The third-order valence-electron chi connectivity index (χ3n) is 4.06. The number of esters is 1. The molecule has 1 aromatic carbocycles. The van der Waals surface area contributed by atoms with Crippen LogP contribution in [0.5, 0.6) is 0 Å². The van der Waals surface area contributed by atoms with Crippen LogP contribution >= 0.6 is 11.3 Å². The summed E-state index contributed by atoms with van der Waals surface area (Å²) in [6.45, 7) is 4.18. The highest BCUT2D eigenvalue weighted by Gasteiger charge is 2.28. The van der Waals surface area contributed by atoms with E-state index in [4.69, 9.17) is 4.74 Å². The van der Waals surface area contributed by atoms with Crippen LogP contribution < -0.4 is 5.32 Å². The molecule has 0 saturated heterocycles. The van der Waals surface area contributed by atoms with Gasteiger partial charge in [0.15, 0.2) is 5.13 Å². The smallest absolute Gasteiger partial charge is 0.309 e. The predicted molar refractivity (Wildman–Crippen MR) is 93.4 cm³/mol. The Kier molecular flexibility index (Phi) is 4.94. The Balaban J connectivity index is 1.70. The number of benzene rings is 1. The van der Waals surface area contributed by atoms with Gasteiger partial charge in [0.1, 0.15) is 0 Å². The summed E-state index contributed by atoms with van der Waals surface area (Å²) in [5.41, 5.74) is 2.64. The Hall–Kier alpha value is -2.21. The van der Waals surface area contributed by atoms with Gasteiger partial charge in [0.05, 0.1) is 18.2 Å². The number of carbonyl (C=O) groups excluding carboxylic acids is 2. The van der Waals surface area contributed by atoms with Crippen LogP contribution in [0.15, 0.2) is 24.3 Å². The van der Waals surface area contributed by atoms with E-state index in [0.29, 0.717) is 23.7 Å². The predicted octanol–water partition coefficient (Wildman–Crippen LogP) is 3.37. The van der Waals surface area contributed by atoms with E-state index < -0.39 is 0 Å². The summed E-state index contributed by atoms with van der Waals surface area (Å²) in [6.07, 6.45) is 2.14. The topological polar surface area (TPSA) is 68.3 Å². The molecule has 1 heterocycles. The van der Waals surface area contributed by atoms with E-state index in [0.717, 1.165) is 29.0 Å². The van der Waals surface area contributed by atoms with Gasteiger partial charge in [-0.15, -0.1) is 11.3 Å². The maximum Gasteiger partial charge on any atom is 0.309 e. The van der Waals surface area contributed by atoms with Crippen molar-refractivity contribution in [2.45, 2.75) is 33.1 Å². The number of hydrogen-bond donors (Lipinski definition) is 1. The molecule has 6 heteroatoms. The summed E-state index contributed by atoms with van der Waals surface area (Å²) in [6, 6.07) is 7.45. The number of nitrogens with zero attached hydrogens (tertiary/aromatic N) is 1. The molecule has 2 aromatic rings. The van der Waals surface area contributed by atoms with Crippen molar-refractivity contribution in [1.82, 2.24) is 4.98 Å². The van der Waals surface area contributed by atoms with Crippen LogP contribution in [0.3, 0.4) is 0 Å². The van der Waals surface area contributed by atoms with Crippen LogP contribution in [0.2, 0.25) is 0 Å². The molecule has 1 aliphatic rings. The van der Waals surface area contributed by atoms with E-state index >= 15 is 0 Å². The summed E-state index contributed by atoms with van der Waals surface area (Å²) >= 11 is 1.45. The van der Waals surface area contributed by atoms with Crippen molar-refractivity contribution in [3.63, 3.8) is 0 Å². The number of hydrogen-bond acceptors (Lipinski definition) is 5. The SMILES string of the molecule is CCOC(=O)C1CCc2nc(NC(=O)c3cccc(C)c3)sc2C1. The zero-order valence-corrected chi connectivity index (χ0v) is 14.6. The van der Waals surface area contributed by atoms with Crippen molar-refractivity contribution in [2.75, 3.05) is 11.9 Å². The van der Waals surface area contributed by atoms with Crippen LogP contribution in [-0.4, -0.2) is 23.5 Å². The minimum Gasteiger partial charge on any atom is -0.466 e. The van der Waals surface area contributed by atoms with Gasteiger partial charge in [-0.25, -0.2) is 4.98 Å². The van der Waals surface area contributed by atoms with Crippen molar-refractivity contribution in [3.8, 4) is 0 Å². The number of rotatable bonds is 4. The molecule has 0 bridgehead atoms. The normalized spacial score (nSPS) is 16.3. The summed E-state index contributed by atoms with van der Waals surface area (Å²) in [7, 11) is 0. The van der Waals surface area contributed by atoms with Crippen molar-refractivity contribution >= 4 is 28.3 Å². The Morgan fingerprint density at radius 1 is 1.42 bits per heavy atom. The number of aromatic nitrogens is 1. The van der Waals surface area contributed by atoms with Crippen LogP contribution in [0, 0.1) is 12.8 Å². The Bertz CT molecular complexity index is 769. The van der Waals surface area contributed by atoms with E-state index in [1.54, 1.807) is 6.07 Å². The molecular weight excluding hydrogens is 324 g/mol. The van der Waals surface area contributed by atoms with Crippen molar-refractivity contribution in [1.29, 1.82) is 0 Å². The third kappa shape index (κ3) is 3.64. The van der Waals surface area contributed by atoms with Gasteiger partial charge in [-0.1, -0.05) is 17.7 Å². The maximum absolute atomic E-state index is 12.3. The average Bonchev–Trinajstić information content (AvgIpc) is 2.96. The Morgan fingerprint density at radius 3 is 3.00 bits per heavy atom. The number of nitrogens with one attached hydrogen (secondary N) is 1. The number of ether oxygens (including phenoxy) is 1. The number of anilines is 1. The lowest BCUT2D eigenvalue weighted by atomic mass is 9.91. The van der Waals surface area contributed by atoms with Crippen LogP contribution in [-0.2, 0) is 22.4 Å². The first-order valence-corrected chi connectivity index (χ1v) is 8.91. The number of aryl methyl sites for hydroxylation is 2. The van der Waals surface area contributed by atoms with Crippen LogP contribution in [0.1, 0.15) is 39.8 Å². The number of fused-ring (bicyclic) bond motifs is 1. The zero-order valence-electron chi connectivity index (χ0n) is 13.8. The molecule has 1 N–H and O–H groups in total. The van der Waals surface area contributed by atoms with Gasteiger partial charge in [-0.2, -0.15) is 0 Å². The van der Waals surface area contributed by atoms with Gasteiger partial charge in [-0.3, -0.25) is 14.9 Å². The molecule has 126 valence electrons. The van der Waals surface area contributed by atoms with Gasteiger partial charge in [-0.05, 0) is 45.2 Å². The molecule has 1 unspecified atom stereocenters. The van der Waals surface area contributed by atoms with Gasteiger partial charge in [0.25, 0.3) is 5.91 Å². The lowest BCUT2D eigenvalue weighted by molar-refractivity contribution is -0.148. The molecule has 1 atom stereocenters. The Morgan fingerprint density at radius 2 is 2.25 bits per heavy atom. The number of thiazole rings is 1. The first-order valence-electron chi connectivity index (χ1n) is 8.10. The zero-order chi connectivity index (χ0) is 17.1. The molecule has 0 radical (unpaired) electrons. The molecule has 0 spiro atoms. The first-order chi connectivity index (χ1) is 11.6. The molecule has 0 saturated carbocycles. The van der Waals surface area contributed by atoms with Crippen LogP contribution in [0.4, 0.5) is 5.13 Å². The molecule has 0 aliphatic heterocycles.